The van der Waals surface area contributed by atoms with Crippen LogP contribution < -0.4 is 5.73 Å². The minimum atomic E-state index is 0.694. The quantitative estimate of drug-likeness (QED) is 0.594. The van der Waals surface area contributed by atoms with Crippen molar-refractivity contribution in [1.82, 2.24) is 0 Å². The summed E-state index contributed by atoms with van der Waals surface area (Å²) in [4.78, 5) is 0. The normalized spacial score (nSPS) is 18.0. The van der Waals surface area contributed by atoms with Gasteiger partial charge in [-0.25, -0.2) is 0 Å². The molecule has 0 fully saturated rings. The van der Waals surface area contributed by atoms with Gasteiger partial charge in [-0.15, -0.1) is 0 Å². The molecule has 50 valence electrons. The molecule has 0 aliphatic heterocycles. The van der Waals surface area contributed by atoms with Gasteiger partial charge in [0.2, 0.25) is 0 Å². The first-order valence-electron chi connectivity index (χ1n) is 3.42. The van der Waals surface area contributed by atoms with Crippen LogP contribution >= 0.6 is 0 Å². The minimum absolute atomic E-state index is 0.694. The third-order valence-electron chi connectivity index (χ3n) is 1.99. The SMILES string of the molecule is CCC(C)C(C)CN. The van der Waals surface area contributed by atoms with Crippen molar-refractivity contribution in [1.29, 1.82) is 0 Å². The highest BCUT2D eigenvalue weighted by atomic mass is 14.5. The lowest BCUT2D eigenvalue weighted by atomic mass is 9.94. The van der Waals surface area contributed by atoms with Crippen molar-refractivity contribution in [2.45, 2.75) is 27.2 Å². The molecule has 2 atom stereocenters. The first-order chi connectivity index (χ1) is 3.72. The molecule has 1 heteroatoms. The van der Waals surface area contributed by atoms with Gasteiger partial charge >= 0.3 is 0 Å². The zero-order valence-electron chi connectivity index (χ0n) is 6.15. The average Bonchev–Trinajstić information content (AvgIpc) is 1.84. The smallest absolute Gasteiger partial charge is 0.00490 e. The predicted molar refractivity (Wildman–Crippen MR) is 37.7 cm³/mol. The molecule has 0 aromatic rings. The van der Waals surface area contributed by atoms with E-state index in [1.807, 2.05) is 0 Å². The molecule has 0 aromatic carbocycles. The van der Waals surface area contributed by atoms with Gasteiger partial charge in [-0.2, -0.15) is 0 Å². The third-order valence-corrected chi connectivity index (χ3v) is 1.99. The molecular formula is C7H17N. The lowest BCUT2D eigenvalue weighted by molar-refractivity contribution is 0.386. The monoisotopic (exact) mass is 115 g/mol. The van der Waals surface area contributed by atoms with Crippen LogP contribution in [-0.2, 0) is 0 Å². The van der Waals surface area contributed by atoms with E-state index in [1.165, 1.54) is 6.42 Å². The molecule has 2 N–H and O–H groups in total. The highest BCUT2D eigenvalue weighted by molar-refractivity contribution is 4.59. The van der Waals surface area contributed by atoms with Crippen LogP contribution in [0.25, 0.3) is 0 Å². The Morgan fingerprint density at radius 2 is 1.75 bits per heavy atom. The second-order valence-electron chi connectivity index (χ2n) is 2.60. The molecule has 0 saturated carbocycles. The van der Waals surface area contributed by atoms with E-state index < -0.39 is 0 Å². The number of hydrogen-bond acceptors (Lipinski definition) is 1. The third kappa shape index (κ3) is 2.31. The van der Waals surface area contributed by atoms with Crippen molar-refractivity contribution in [3.05, 3.63) is 0 Å². The van der Waals surface area contributed by atoms with Crippen LogP contribution in [0.4, 0.5) is 0 Å². The molecule has 0 amide bonds. The number of nitrogens with two attached hydrogens (primary N) is 1. The van der Waals surface area contributed by atoms with Gasteiger partial charge in [-0.1, -0.05) is 27.2 Å². The summed E-state index contributed by atoms with van der Waals surface area (Å²) in [5, 5.41) is 0. The molecule has 0 saturated heterocycles. The van der Waals surface area contributed by atoms with E-state index in [1.54, 1.807) is 0 Å². The second-order valence-corrected chi connectivity index (χ2v) is 2.60. The Morgan fingerprint density at radius 3 is 1.88 bits per heavy atom. The van der Waals surface area contributed by atoms with Gasteiger partial charge in [0.15, 0.2) is 0 Å². The van der Waals surface area contributed by atoms with E-state index in [-0.39, 0.29) is 0 Å². The van der Waals surface area contributed by atoms with Crippen LogP contribution in [0.3, 0.4) is 0 Å². The zero-order chi connectivity index (χ0) is 6.57. The van der Waals surface area contributed by atoms with Gasteiger partial charge in [0, 0.05) is 0 Å². The van der Waals surface area contributed by atoms with Gasteiger partial charge in [-0.3, -0.25) is 0 Å². The maximum absolute atomic E-state index is 5.45. The van der Waals surface area contributed by atoms with Gasteiger partial charge in [-0.05, 0) is 18.4 Å². The van der Waals surface area contributed by atoms with Gasteiger partial charge in [0.1, 0.15) is 0 Å². The van der Waals surface area contributed by atoms with E-state index >= 15 is 0 Å². The van der Waals surface area contributed by atoms with Crippen LogP contribution in [0, 0.1) is 11.8 Å². The Bertz CT molecular complexity index is 44.3. The predicted octanol–water partition coefficient (Wildman–Crippen LogP) is 1.63. The molecular weight excluding hydrogens is 98.1 g/mol. The molecule has 0 bridgehead atoms. The summed E-state index contributed by atoms with van der Waals surface area (Å²) in [6.07, 6.45) is 1.25. The fourth-order valence-electron chi connectivity index (χ4n) is 0.635. The molecule has 0 aliphatic rings. The molecule has 0 spiro atoms. The maximum atomic E-state index is 5.45. The molecule has 0 heterocycles. The lowest BCUT2D eigenvalue weighted by Gasteiger charge is -2.14. The molecule has 0 radical (unpaired) electrons. The fraction of sp³-hybridized carbons (Fsp3) is 1.00. The Hall–Kier alpha value is -0.0400. The summed E-state index contributed by atoms with van der Waals surface area (Å²) in [6, 6.07) is 0. The summed E-state index contributed by atoms with van der Waals surface area (Å²) in [5.41, 5.74) is 5.45. The summed E-state index contributed by atoms with van der Waals surface area (Å²) < 4.78 is 0. The van der Waals surface area contributed by atoms with Gasteiger partial charge in [0.05, 0.1) is 0 Å². The van der Waals surface area contributed by atoms with Crippen molar-refractivity contribution < 1.29 is 0 Å². The highest BCUT2D eigenvalue weighted by Gasteiger charge is 2.05. The van der Waals surface area contributed by atoms with E-state index in [2.05, 4.69) is 20.8 Å². The van der Waals surface area contributed by atoms with Crippen LogP contribution in [0.5, 0.6) is 0 Å². The van der Waals surface area contributed by atoms with Crippen LogP contribution in [0.15, 0.2) is 0 Å². The van der Waals surface area contributed by atoms with E-state index in [4.69, 9.17) is 5.73 Å². The van der Waals surface area contributed by atoms with E-state index in [0.717, 1.165) is 12.5 Å². The fourth-order valence-corrected chi connectivity index (χ4v) is 0.635. The van der Waals surface area contributed by atoms with Crippen molar-refractivity contribution in [3.8, 4) is 0 Å². The molecule has 0 aromatic heterocycles. The maximum Gasteiger partial charge on any atom is -0.00490 e. The Labute approximate surface area is 52.3 Å². The van der Waals surface area contributed by atoms with E-state index in [0.29, 0.717) is 5.92 Å². The largest absolute Gasteiger partial charge is 0.330 e. The topological polar surface area (TPSA) is 26.0 Å². The summed E-state index contributed by atoms with van der Waals surface area (Å²) in [6.45, 7) is 7.48. The van der Waals surface area contributed by atoms with Crippen molar-refractivity contribution in [2.24, 2.45) is 17.6 Å². The van der Waals surface area contributed by atoms with Crippen LogP contribution in [0.1, 0.15) is 27.2 Å². The molecule has 0 aliphatic carbocycles. The standard InChI is InChI=1S/C7H17N/c1-4-6(2)7(3)5-8/h6-7H,4-5,8H2,1-3H3. The van der Waals surface area contributed by atoms with Crippen molar-refractivity contribution >= 4 is 0 Å². The summed E-state index contributed by atoms with van der Waals surface area (Å²) in [5.74, 6) is 1.49. The molecule has 0 rings (SSSR count). The lowest BCUT2D eigenvalue weighted by Crippen LogP contribution is -2.17. The average molecular weight is 115 g/mol. The Kier molecular flexibility index (Phi) is 3.88. The highest BCUT2D eigenvalue weighted by Crippen LogP contribution is 2.11. The van der Waals surface area contributed by atoms with E-state index in [9.17, 15) is 0 Å². The van der Waals surface area contributed by atoms with Crippen molar-refractivity contribution in [3.63, 3.8) is 0 Å². The van der Waals surface area contributed by atoms with Gasteiger partial charge in [0.25, 0.3) is 0 Å². The Morgan fingerprint density at radius 1 is 1.25 bits per heavy atom. The van der Waals surface area contributed by atoms with Crippen LogP contribution in [-0.4, -0.2) is 6.54 Å². The second kappa shape index (κ2) is 3.90. The number of rotatable bonds is 3. The molecule has 1 nitrogen and oxygen atoms in total. The Balaban J connectivity index is 3.29. The van der Waals surface area contributed by atoms with Gasteiger partial charge < -0.3 is 5.73 Å². The van der Waals surface area contributed by atoms with Crippen LogP contribution in [0.2, 0.25) is 0 Å². The summed E-state index contributed by atoms with van der Waals surface area (Å²) >= 11 is 0. The first-order valence-corrected chi connectivity index (χ1v) is 3.42. The number of hydrogen-bond donors (Lipinski definition) is 1. The zero-order valence-corrected chi connectivity index (χ0v) is 6.15. The molecule has 8 heavy (non-hydrogen) atoms. The minimum Gasteiger partial charge on any atom is -0.330 e. The van der Waals surface area contributed by atoms with Crippen molar-refractivity contribution in [2.75, 3.05) is 6.54 Å². The summed E-state index contributed by atoms with van der Waals surface area (Å²) in [7, 11) is 0. The molecule has 2 unspecified atom stereocenters. The first kappa shape index (κ1) is 7.96.